The van der Waals surface area contributed by atoms with E-state index in [1.807, 2.05) is 0 Å². The molecule has 232 valence electrons. The third kappa shape index (κ3) is 8.79. The van der Waals surface area contributed by atoms with Crippen molar-refractivity contribution >= 4 is 46.4 Å². The number of terminal acetylenes is 1. The van der Waals surface area contributed by atoms with Crippen LogP contribution in [0.15, 0.2) is 35.1 Å². The first-order valence-corrected chi connectivity index (χ1v) is 15.9. The van der Waals surface area contributed by atoms with Gasteiger partial charge in [0, 0.05) is 32.2 Å². The monoisotopic (exact) mass is 648 g/mol. The number of carbonyl (C=O) groups is 1. The van der Waals surface area contributed by atoms with Crippen LogP contribution in [0.2, 0.25) is 10.0 Å². The zero-order valence-corrected chi connectivity index (χ0v) is 27.3. The summed E-state index contributed by atoms with van der Waals surface area (Å²) in [7, 11) is 0. The third-order valence-corrected chi connectivity index (χ3v) is 7.80. The molecule has 1 aliphatic heterocycles. The molecule has 1 amide bonds. The Morgan fingerprint density at radius 2 is 1.81 bits per heavy atom. The minimum atomic E-state index is -0.207. The van der Waals surface area contributed by atoms with E-state index in [9.17, 15) is 9.59 Å². The van der Waals surface area contributed by atoms with Gasteiger partial charge in [-0.1, -0.05) is 68.1 Å². The fourth-order valence-electron chi connectivity index (χ4n) is 4.86. The Hall–Kier alpha value is -2.96. The highest BCUT2D eigenvalue weighted by atomic mass is 35.5. The molecule has 43 heavy (non-hydrogen) atoms. The van der Waals surface area contributed by atoms with Crippen molar-refractivity contribution < 1.29 is 14.3 Å². The molecule has 0 N–H and O–H groups in total. The number of amides is 1. The number of anilines is 1. The molecule has 3 aromatic rings. The number of fused-ring (bicyclic) bond motifs is 1. The molecule has 0 atom stereocenters. The molecule has 4 rings (SSSR count). The zero-order valence-electron chi connectivity index (χ0n) is 25.0. The molecule has 11 heteroatoms. The van der Waals surface area contributed by atoms with Crippen molar-refractivity contribution in [2.24, 2.45) is 0 Å². The molecular weight excluding hydrogens is 611 g/mol. The SMILES string of the molecule is C#CCOc1cc(-n2nc3n(c2=O)CCCC3)c(Cl)cc1Cl.CCCOCCN(C(=O)CCl)c1c(CC)cccc1CC. The van der Waals surface area contributed by atoms with Crippen molar-refractivity contribution in [3.8, 4) is 23.8 Å². The molecular formula is C32H39Cl3N4O4. The highest BCUT2D eigenvalue weighted by molar-refractivity contribution is 6.36. The number of nitrogens with zero attached hydrogens (tertiary/aromatic N) is 4. The van der Waals surface area contributed by atoms with Gasteiger partial charge < -0.3 is 14.4 Å². The minimum absolute atomic E-state index is 0.00498. The Bertz CT molecular complexity index is 1460. The van der Waals surface area contributed by atoms with Crippen LogP contribution in [0, 0.1) is 12.3 Å². The van der Waals surface area contributed by atoms with E-state index in [1.165, 1.54) is 21.9 Å². The predicted molar refractivity (Wildman–Crippen MR) is 174 cm³/mol. The highest BCUT2D eigenvalue weighted by Gasteiger charge is 2.21. The van der Waals surface area contributed by atoms with Gasteiger partial charge in [0.15, 0.2) is 0 Å². The maximum absolute atomic E-state index is 12.5. The van der Waals surface area contributed by atoms with Crippen molar-refractivity contribution in [3.05, 3.63) is 67.8 Å². The Balaban J connectivity index is 0.000000236. The number of ether oxygens (including phenoxy) is 2. The molecule has 2 aromatic carbocycles. The Labute approximate surface area is 268 Å². The number of aromatic nitrogens is 3. The van der Waals surface area contributed by atoms with Gasteiger partial charge >= 0.3 is 5.69 Å². The van der Waals surface area contributed by atoms with E-state index >= 15 is 0 Å². The molecule has 8 nitrogen and oxygen atoms in total. The van der Waals surface area contributed by atoms with Gasteiger partial charge in [-0.15, -0.1) is 23.1 Å². The number of halogens is 3. The third-order valence-electron chi connectivity index (χ3n) is 6.97. The van der Waals surface area contributed by atoms with Gasteiger partial charge in [-0.3, -0.25) is 9.36 Å². The molecule has 0 saturated carbocycles. The van der Waals surface area contributed by atoms with Gasteiger partial charge in [0.25, 0.3) is 0 Å². The standard InChI is InChI=1S/C17H26ClNO2.C15H13Cl2N3O2/c1-4-11-21-12-10-19(16(20)13-18)17-14(5-2)8-7-9-15(17)6-3;1-2-7-22-13-9-12(10(16)8-11(13)17)20-15(21)19-6-4-3-5-14(19)18-20/h7-9H,4-6,10-13H2,1-3H3;1,8-9H,3-7H2. The number of hydrogen-bond donors (Lipinski definition) is 0. The summed E-state index contributed by atoms with van der Waals surface area (Å²) in [6, 6.07) is 9.32. The highest BCUT2D eigenvalue weighted by Crippen LogP contribution is 2.33. The maximum Gasteiger partial charge on any atom is 0.350 e. The Kier molecular flexibility index (Phi) is 13.9. The molecule has 2 heterocycles. The van der Waals surface area contributed by atoms with E-state index in [0.717, 1.165) is 56.6 Å². The fraction of sp³-hybridized carbons (Fsp3) is 0.469. The van der Waals surface area contributed by atoms with Gasteiger partial charge in [-0.05, 0) is 49.3 Å². The van der Waals surface area contributed by atoms with Gasteiger partial charge in [0.1, 0.15) is 24.1 Å². The summed E-state index contributed by atoms with van der Waals surface area (Å²) in [5, 5.41) is 5.04. The number of rotatable bonds is 12. The Morgan fingerprint density at radius 3 is 2.42 bits per heavy atom. The summed E-state index contributed by atoms with van der Waals surface area (Å²) in [5.74, 6) is 3.44. The van der Waals surface area contributed by atoms with E-state index in [4.69, 9.17) is 50.7 Å². The van der Waals surface area contributed by atoms with Crippen LogP contribution >= 0.6 is 34.8 Å². The number of hydrogen-bond acceptors (Lipinski definition) is 5. The molecule has 0 spiro atoms. The van der Waals surface area contributed by atoms with Crippen molar-refractivity contribution in [1.82, 2.24) is 14.3 Å². The summed E-state index contributed by atoms with van der Waals surface area (Å²) in [5.41, 5.74) is 3.62. The summed E-state index contributed by atoms with van der Waals surface area (Å²) in [6.07, 6.45) is 10.7. The van der Waals surface area contributed by atoms with Crippen molar-refractivity contribution in [3.63, 3.8) is 0 Å². The van der Waals surface area contributed by atoms with E-state index in [1.54, 1.807) is 15.5 Å². The molecule has 1 aliphatic rings. The average Bonchev–Trinajstić information content (AvgIpc) is 3.36. The average molecular weight is 650 g/mol. The summed E-state index contributed by atoms with van der Waals surface area (Å²) < 4.78 is 13.9. The van der Waals surface area contributed by atoms with Crippen LogP contribution in [0.25, 0.3) is 5.69 Å². The smallest absolute Gasteiger partial charge is 0.350 e. The first-order chi connectivity index (χ1) is 20.8. The van der Waals surface area contributed by atoms with Gasteiger partial charge in [-0.25, -0.2) is 4.79 Å². The Morgan fingerprint density at radius 1 is 1.09 bits per heavy atom. The topological polar surface area (TPSA) is 78.6 Å². The number of para-hydroxylation sites is 1. The number of alkyl halides is 1. The lowest BCUT2D eigenvalue weighted by Crippen LogP contribution is -2.36. The van der Waals surface area contributed by atoms with Crippen molar-refractivity contribution in [2.75, 3.05) is 37.1 Å². The number of benzene rings is 2. The van der Waals surface area contributed by atoms with Crippen LogP contribution in [0.4, 0.5) is 5.69 Å². The minimum Gasteiger partial charge on any atom is -0.479 e. The molecule has 0 aliphatic carbocycles. The molecule has 0 radical (unpaired) electrons. The van der Waals surface area contributed by atoms with Gasteiger partial charge in [0.05, 0.1) is 28.0 Å². The number of aryl methyl sites for hydroxylation is 3. The first kappa shape index (κ1) is 34.5. The largest absolute Gasteiger partial charge is 0.479 e. The van der Waals surface area contributed by atoms with Gasteiger partial charge in [-0.2, -0.15) is 4.68 Å². The maximum atomic E-state index is 12.5. The van der Waals surface area contributed by atoms with Crippen LogP contribution in [-0.4, -0.2) is 52.5 Å². The molecule has 1 aromatic heterocycles. The van der Waals surface area contributed by atoms with Crippen LogP contribution < -0.4 is 15.3 Å². The zero-order chi connectivity index (χ0) is 31.4. The lowest BCUT2D eigenvalue weighted by Gasteiger charge is -2.27. The second-order valence-electron chi connectivity index (χ2n) is 9.87. The lowest BCUT2D eigenvalue weighted by atomic mass is 10.0. The number of carbonyl (C=O) groups excluding carboxylic acids is 1. The predicted octanol–water partition coefficient (Wildman–Crippen LogP) is 6.50. The second kappa shape index (κ2) is 17.4. The van der Waals surface area contributed by atoms with Crippen LogP contribution in [-0.2, 0) is 35.3 Å². The van der Waals surface area contributed by atoms with Gasteiger partial charge in [0.2, 0.25) is 5.91 Å². The normalized spacial score (nSPS) is 12.1. The van der Waals surface area contributed by atoms with E-state index in [-0.39, 0.29) is 24.1 Å². The quantitative estimate of drug-likeness (QED) is 0.127. The molecule has 0 fully saturated rings. The summed E-state index contributed by atoms with van der Waals surface area (Å²) in [6.45, 7) is 8.86. The van der Waals surface area contributed by atoms with E-state index in [0.29, 0.717) is 41.2 Å². The first-order valence-electron chi connectivity index (χ1n) is 14.6. The van der Waals surface area contributed by atoms with Crippen LogP contribution in [0.1, 0.15) is 57.0 Å². The molecule has 0 saturated heterocycles. The van der Waals surface area contributed by atoms with E-state index < -0.39 is 0 Å². The molecule has 0 unspecified atom stereocenters. The van der Waals surface area contributed by atoms with Crippen molar-refractivity contribution in [1.29, 1.82) is 0 Å². The second-order valence-corrected chi connectivity index (χ2v) is 11.0. The summed E-state index contributed by atoms with van der Waals surface area (Å²) in [4.78, 5) is 26.5. The lowest BCUT2D eigenvalue weighted by molar-refractivity contribution is -0.116. The van der Waals surface area contributed by atoms with E-state index in [2.05, 4.69) is 50.0 Å². The fourth-order valence-corrected chi connectivity index (χ4v) is 5.53. The van der Waals surface area contributed by atoms with Crippen LogP contribution in [0.5, 0.6) is 5.75 Å². The summed E-state index contributed by atoms with van der Waals surface area (Å²) >= 11 is 18.1. The molecule has 0 bridgehead atoms. The van der Waals surface area contributed by atoms with Crippen LogP contribution in [0.3, 0.4) is 0 Å². The van der Waals surface area contributed by atoms with Crippen molar-refractivity contribution in [2.45, 2.75) is 65.8 Å².